The Balaban J connectivity index is 1.83. The standard InChI is InChI=1S/C19H25N3O2/c1-13(2)18-17-9-8-14(3)21(17)10-11-22(18)19(23)20-15-6-5-7-16(12-15)24-4/h5-9,12-13,18H,10-11H2,1-4H3,(H,20,23). The second kappa shape index (κ2) is 6.59. The molecule has 0 saturated carbocycles. The van der Waals surface area contributed by atoms with Gasteiger partial charge in [0, 0.05) is 36.2 Å². The van der Waals surface area contributed by atoms with Crippen LogP contribution in [0.3, 0.4) is 0 Å². The molecule has 0 bridgehead atoms. The Hall–Kier alpha value is -2.43. The molecule has 2 heterocycles. The van der Waals surface area contributed by atoms with Crippen LogP contribution in [0.5, 0.6) is 5.75 Å². The minimum Gasteiger partial charge on any atom is -0.497 e. The van der Waals surface area contributed by atoms with Gasteiger partial charge in [-0.15, -0.1) is 0 Å². The summed E-state index contributed by atoms with van der Waals surface area (Å²) >= 11 is 0. The number of rotatable bonds is 3. The van der Waals surface area contributed by atoms with E-state index in [0.29, 0.717) is 12.5 Å². The minimum atomic E-state index is -0.0629. The quantitative estimate of drug-likeness (QED) is 0.924. The third kappa shape index (κ3) is 2.98. The number of carbonyl (C=O) groups excluding carboxylic acids is 1. The van der Waals surface area contributed by atoms with Crippen LogP contribution in [0.2, 0.25) is 0 Å². The number of nitrogens with one attached hydrogen (secondary N) is 1. The average Bonchev–Trinajstić information content (AvgIpc) is 2.95. The molecule has 5 nitrogen and oxygen atoms in total. The van der Waals surface area contributed by atoms with E-state index in [-0.39, 0.29) is 12.1 Å². The summed E-state index contributed by atoms with van der Waals surface area (Å²) < 4.78 is 7.54. The van der Waals surface area contributed by atoms with Crippen LogP contribution in [-0.2, 0) is 6.54 Å². The first-order valence-electron chi connectivity index (χ1n) is 8.39. The van der Waals surface area contributed by atoms with E-state index in [1.807, 2.05) is 29.2 Å². The van der Waals surface area contributed by atoms with Crippen molar-refractivity contribution in [1.29, 1.82) is 0 Å². The van der Waals surface area contributed by atoms with Gasteiger partial charge < -0.3 is 19.5 Å². The van der Waals surface area contributed by atoms with Crippen LogP contribution in [0.1, 0.15) is 31.3 Å². The maximum Gasteiger partial charge on any atom is 0.322 e. The molecule has 1 atom stereocenters. The summed E-state index contributed by atoms with van der Waals surface area (Å²) in [7, 11) is 1.62. The molecule has 0 saturated heterocycles. The van der Waals surface area contributed by atoms with Gasteiger partial charge in [-0.05, 0) is 37.1 Å². The molecule has 24 heavy (non-hydrogen) atoms. The Morgan fingerprint density at radius 3 is 2.75 bits per heavy atom. The molecule has 128 valence electrons. The molecule has 2 amide bonds. The summed E-state index contributed by atoms with van der Waals surface area (Å²) in [6, 6.07) is 11.7. The number of amides is 2. The Morgan fingerprint density at radius 1 is 1.25 bits per heavy atom. The van der Waals surface area contributed by atoms with Crippen molar-refractivity contribution in [2.75, 3.05) is 19.0 Å². The van der Waals surface area contributed by atoms with E-state index >= 15 is 0 Å². The zero-order valence-electron chi connectivity index (χ0n) is 14.7. The van der Waals surface area contributed by atoms with Crippen molar-refractivity contribution in [2.45, 2.75) is 33.4 Å². The molecular weight excluding hydrogens is 302 g/mol. The summed E-state index contributed by atoms with van der Waals surface area (Å²) in [5.41, 5.74) is 3.22. The number of hydrogen-bond donors (Lipinski definition) is 1. The lowest BCUT2D eigenvalue weighted by Gasteiger charge is -2.39. The highest BCUT2D eigenvalue weighted by atomic mass is 16.5. The van der Waals surface area contributed by atoms with E-state index in [0.717, 1.165) is 18.0 Å². The van der Waals surface area contributed by atoms with Gasteiger partial charge in [0.25, 0.3) is 0 Å². The lowest BCUT2D eigenvalue weighted by Crippen LogP contribution is -2.46. The van der Waals surface area contributed by atoms with Crippen molar-refractivity contribution in [1.82, 2.24) is 9.47 Å². The third-order valence-corrected chi connectivity index (χ3v) is 4.65. The van der Waals surface area contributed by atoms with Gasteiger partial charge in [-0.1, -0.05) is 19.9 Å². The summed E-state index contributed by atoms with van der Waals surface area (Å²) in [6.45, 7) is 7.99. The fourth-order valence-electron chi connectivity index (χ4n) is 3.49. The number of anilines is 1. The first kappa shape index (κ1) is 16.4. The van der Waals surface area contributed by atoms with Crippen LogP contribution in [-0.4, -0.2) is 29.2 Å². The van der Waals surface area contributed by atoms with E-state index in [1.165, 1.54) is 11.4 Å². The van der Waals surface area contributed by atoms with Gasteiger partial charge in [0.1, 0.15) is 5.75 Å². The Labute approximate surface area is 143 Å². The largest absolute Gasteiger partial charge is 0.497 e. The fraction of sp³-hybridized carbons (Fsp3) is 0.421. The number of aromatic nitrogens is 1. The van der Waals surface area contributed by atoms with Gasteiger partial charge in [0.05, 0.1) is 13.2 Å². The number of benzene rings is 1. The van der Waals surface area contributed by atoms with E-state index in [9.17, 15) is 4.79 Å². The highest BCUT2D eigenvalue weighted by molar-refractivity contribution is 5.90. The van der Waals surface area contributed by atoms with E-state index in [1.54, 1.807) is 7.11 Å². The Bertz CT molecular complexity index is 736. The number of aryl methyl sites for hydroxylation is 1. The smallest absolute Gasteiger partial charge is 0.322 e. The van der Waals surface area contributed by atoms with Crippen molar-refractivity contribution in [3.05, 3.63) is 47.8 Å². The number of carbonyl (C=O) groups is 1. The molecule has 1 aliphatic rings. The predicted octanol–water partition coefficient (Wildman–Crippen LogP) is 4.05. The molecule has 0 fully saturated rings. The van der Waals surface area contributed by atoms with Crippen LogP contribution in [0.4, 0.5) is 10.5 Å². The van der Waals surface area contributed by atoms with Crippen LogP contribution >= 0.6 is 0 Å². The molecule has 1 unspecified atom stereocenters. The van der Waals surface area contributed by atoms with Gasteiger partial charge in [-0.2, -0.15) is 0 Å². The molecule has 1 aromatic carbocycles. The number of nitrogens with zero attached hydrogens (tertiary/aromatic N) is 2. The van der Waals surface area contributed by atoms with Gasteiger partial charge in [0.15, 0.2) is 0 Å². The summed E-state index contributed by atoms with van der Waals surface area (Å²) in [4.78, 5) is 14.8. The normalized spacial score (nSPS) is 16.9. The monoisotopic (exact) mass is 327 g/mol. The van der Waals surface area contributed by atoms with Crippen molar-refractivity contribution in [3.8, 4) is 5.75 Å². The molecular formula is C19H25N3O2. The number of hydrogen-bond acceptors (Lipinski definition) is 2. The van der Waals surface area contributed by atoms with Crippen LogP contribution in [0.15, 0.2) is 36.4 Å². The number of ether oxygens (including phenoxy) is 1. The van der Waals surface area contributed by atoms with Crippen molar-refractivity contribution >= 4 is 11.7 Å². The van der Waals surface area contributed by atoms with Crippen LogP contribution < -0.4 is 10.1 Å². The first-order valence-corrected chi connectivity index (χ1v) is 8.39. The number of urea groups is 1. The van der Waals surface area contributed by atoms with Crippen molar-refractivity contribution in [3.63, 3.8) is 0 Å². The zero-order chi connectivity index (χ0) is 17.3. The Morgan fingerprint density at radius 2 is 2.04 bits per heavy atom. The lowest BCUT2D eigenvalue weighted by atomic mass is 9.97. The molecule has 0 radical (unpaired) electrons. The van der Waals surface area contributed by atoms with Crippen molar-refractivity contribution < 1.29 is 9.53 Å². The summed E-state index contributed by atoms with van der Waals surface area (Å²) in [5, 5.41) is 3.01. The molecule has 5 heteroatoms. The van der Waals surface area contributed by atoms with Gasteiger partial charge in [0.2, 0.25) is 0 Å². The molecule has 2 aromatic rings. The maximum absolute atomic E-state index is 12.9. The molecule has 1 aromatic heterocycles. The SMILES string of the molecule is COc1cccc(NC(=O)N2CCn3c(C)ccc3C2C(C)C)c1. The van der Waals surface area contributed by atoms with E-state index in [2.05, 4.69) is 42.8 Å². The summed E-state index contributed by atoms with van der Waals surface area (Å²) in [5.74, 6) is 1.07. The second-order valence-corrected chi connectivity index (χ2v) is 6.60. The minimum absolute atomic E-state index is 0.0629. The highest BCUT2D eigenvalue weighted by Crippen LogP contribution is 2.34. The first-order chi connectivity index (χ1) is 11.5. The van der Waals surface area contributed by atoms with E-state index in [4.69, 9.17) is 4.74 Å². The number of fused-ring (bicyclic) bond motifs is 1. The van der Waals surface area contributed by atoms with Gasteiger partial charge in [-0.3, -0.25) is 0 Å². The zero-order valence-corrected chi connectivity index (χ0v) is 14.7. The highest BCUT2D eigenvalue weighted by Gasteiger charge is 2.33. The third-order valence-electron chi connectivity index (χ3n) is 4.65. The molecule has 1 N–H and O–H groups in total. The van der Waals surface area contributed by atoms with Crippen LogP contribution in [0.25, 0.3) is 0 Å². The topological polar surface area (TPSA) is 46.5 Å². The summed E-state index contributed by atoms with van der Waals surface area (Å²) in [6.07, 6.45) is 0. The second-order valence-electron chi connectivity index (χ2n) is 6.60. The molecule has 0 spiro atoms. The lowest BCUT2D eigenvalue weighted by molar-refractivity contribution is 0.143. The van der Waals surface area contributed by atoms with Crippen molar-refractivity contribution in [2.24, 2.45) is 5.92 Å². The fourth-order valence-corrected chi connectivity index (χ4v) is 3.49. The molecule has 1 aliphatic heterocycles. The maximum atomic E-state index is 12.9. The molecule has 3 rings (SSSR count). The average molecular weight is 327 g/mol. The van der Waals surface area contributed by atoms with Gasteiger partial charge in [-0.25, -0.2) is 4.79 Å². The van der Waals surface area contributed by atoms with Gasteiger partial charge >= 0.3 is 6.03 Å². The van der Waals surface area contributed by atoms with Crippen LogP contribution in [0, 0.1) is 12.8 Å². The van der Waals surface area contributed by atoms with E-state index < -0.39 is 0 Å². The Kier molecular flexibility index (Phi) is 4.51. The molecule has 0 aliphatic carbocycles. The predicted molar refractivity (Wildman–Crippen MR) is 95.5 cm³/mol. The number of methoxy groups -OCH3 is 1.